The first-order valence-corrected chi connectivity index (χ1v) is 9.41. The van der Waals surface area contributed by atoms with Crippen LogP contribution in [0.5, 0.6) is 0 Å². The van der Waals surface area contributed by atoms with Crippen molar-refractivity contribution in [3.63, 3.8) is 0 Å². The van der Waals surface area contributed by atoms with Gasteiger partial charge in [-0.25, -0.2) is 8.42 Å². The highest BCUT2D eigenvalue weighted by molar-refractivity contribution is 7.90. The molecule has 2 unspecified atom stereocenters. The third kappa shape index (κ3) is 4.71. The van der Waals surface area contributed by atoms with E-state index in [0.717, 1.165) is 31.9 Å². The van der Waals surface area contributed by atoms with Crippen LogP contribution in [0.2, 0.25) is 0 Å². The summed E-state index contributed by atoms with van der Waals surface area (Å²) >= 11 is 6.14. The molecule has 116 valence electrons. The second kappa shape index (κ2) is 6.79. The summed E-state index contributed by atoms with van der Waals surface area (Å²) in [7, 11) is -3.30. The number of halogens is 1. The number of sulfone groups is 1. The summed E-state index contributed by atoms with van der Waals surface area (Å²) in [6.45, 7) is 0.588. The number of carbonyl (C=O) groups is 1. The topological polar surface area (TPSA) is 63.2 Å². The van der Waals surface area contributed by atoms with Crippen LogP contribution in [-0.4, -0.2) is 32.5 Å². The Bertz CT molecular complexity index is 615. The van der Waals surface area contributed by atoms with Crippen molar-refractivity contribution in [3.8, 4) is 0 Å². The minimum absolute atomic E-state index is 0.161. The highest BCUT2D eigenvalue weighted by atomic mass is 35.5. The molecule has 1 aliphatic carbocycles. The van der Waals surface area contributed by atoms with Crippen molar-refractivity contribution < 1.29 is 13.2 Å². The van der Waals surface area contributed by atoms with Crippen LogP contribution < -0.4 is 5.32 Å². The molecule has 0 aromatic heterocycles. The fourth-order valence-corrected chi connectivity index (χ4v) is 3.69. The number of nitrogens with one attached hydrogen (secondary N) is 1. The smallest absolute Gasteiger partial charge is 0.251 e. The molecule has 1 aromatic carbocycles. The minimum Gasteiger partial charge on any atom is -0.352 e. The van der Waals surface area contributed by atoms with Crippen LogP contribution in [0, 0.1) is 5.92 Å². The first kappa shape index (κ1) is 16.3. The zero-order valence-corrected chi connectivity index (χ0v) is 13.6. The molecular weight excluding hydrogens is 310 g/mol. The summed E-state index contributed by atoms with van der Waals surface area (Å²) in [6, 6.07) is 6.11. The van der Waals surface area contributed by atoms with Crippen molar-refractivity contribution in [2.45, 2.75) is 36.0 Å². The van der Waals surface area contributed by atoms with E-state index in [1.807, 2.05) is 0 Å². The van der Waals surface area contributed by atoms with E-state index in [4.69, 9.17) is 11.6 Å². The first-order chi connectivity index (χ1) is 9.86. The average molecular weight is 330 g/mol. The highest BCUT2D eigenvalue weighted by Crippen LogP contribution is 2.27. The molecule has 0 heterocycles. The lowest BCUT2D eigenvalue weighted by atomic mass is 9.89. The van der Waals surface area contributed by atoms with Crippen LogP contribution in [0.3, 0.4) is 0 Å². The van der Waals surface area contributed by atoms with Gasteiger partial charge in [0.2, 0.25) is 0 Å². The number of hydrogen-bond donors (Lipinski definition) is 1. The van der Waals surface area contributed by atoms with Gasteiger partial charge in [0.1, 0.15) is 0 Å². The van der Waals surface area contributed by atoms with Crippen molar-refractivity contribution in [2.24, 2.45) is 5.92 Å². The number of carbonyl (C=O) groups excluding carboxylic acids is 1. The van der Waals surface area contributed by atoms with E-state index >= 15 is 0 Å². The molecule has 0 aliphatic heterocycles. The van der Waals surface area contributed by atoms with Crippen molar-refractivity contribution in [1.82, 2.24) is 5.32 Å². The van der Waals surface area contributed by atoms with Crippen LogP contribution in [0.25, 0.3) is 0 Å². The summed E-state index contributed by atoms with van der Waals surface area (Å²) in [5, 5.41) is 3.08. The molecule has 6 heteroatoms. The van der Waals surface area contributed by atoms with E-state index in [-0.39, 0.29) is 16.2 Å². The second-order valence-corrected chi connectivity index (χ2v) is 8.27. The van der Waals surface area contributed by atoms with Gasteiger partial charge < -0.3 is 5.32 Å². The fraction of sp³-hybridized carbons (Fsp3) is 0.533. The Kier molecular flexibility index (Phi) is 5.27. The Morgan fingerprint density at radius 2 is 2.14 bits per heavy atom. The van der Waals surface area contributed by atoms with Gasteiger partial charge >= 0.3 is 0 Å². The molecule has 1 fully saturated rings. The Morgan fingerprint density at radius 3 is 2.81 bits per heavy atom. The average Bonchev–Trinajstić information content (AvgIpc) is 2.44. The molecule has 1 saturated carbocycles. The number of amides is 1. The van der Waals surface area contributed by atoms with Crippen LogP contribution >= 0.6 is 11.6 Å². The number of rotatable bonds is 4. The van der Waals surface area contributed by atoms with E-state index in [9.17, 15) is 13.2 Å². The Hall–Kier alpha value is -1.07. The number of hydrogen-bond acceptors (Lipinski definition) is 3. The third-order valence-corrected chi connectivity index (χ3v) is 5.30. The summed E-state index contributed by atoms with van der Waals surface area (Å²) in [5.41, 5.74) is 0.371. The van der Waals surface area contributed by atoms with E-state index in [1.165, 1.54) is 12.1 Å². The van der Waals surface area contributed by atoms with E-state index in [2.05, 4.69) is 5.32 Å². The van der Waals surface area contributed by atoms with E-state index in [1.54, 1.807) is 12.1 Å². The van der Waals surface area contributed by atoms with Crippen LogP contribution in [0.4, 0.5) is 0 Å². The summed E-state index contributed by atoms with van der Waals surface area (Å²) in [6.07, 6.45) is 5.27. The summed E-state index contributed by atoms with van der Waals surface area (Å²) < 4.78 is 23.0. The lowest BCUT2D eigenvalue weighted by Crippen LogP contribution is -2.32. The quantitative estimate of drug-likeness (QED) is 0.864. The molecule has 1 amide bonds. The van der Waals surface area contributed by atoms with Crippen LogP contribution in [-0.2, 0) is 9.84 Å². The fourth-order valence-electron chi connectivity index (χ4n) is 2.62. The molecule has 0 bridgehead atoms. The number of benzene rings is 1. The Morgan fingerprint density at radius 1 is 1.38 bits per heavy atom. The monoisotopic (exact) mass is 329 g/mol. The standard InChI is InChI=1S/C15H20ClNO3S/c1-21(19,20)14-7-3-5-12(9-14)15(18)17-10-11-4-2-6-13(16)8-11/h3,5,7,9,11,13H,2,4,6,8,10H2,1H3,(H,17,18). The van der Waals surface area contributed by atoms with Crippen LogP contribution in [0.1, 0.15) is 36.0 Å². The SMILES string of the molecule is CS(=O)(=O)c1cccc(C(=O)NCC2CCCC(Cl)C2)c1. The highest BCUT2D eigenvalue weighted by Gasteiger charge is 2.21. The number of alkyl halides is 1. The molecule has 1 aromatic rings. The maximum Gasteiger partial charge on any atom is 0.251 e. The molecule has 4 nitrogen and oxygen atoms in total. The van der Waals surface area contributed by atoms with Gasteiger partial charge in [0, 0.05) is 23.7 Å². The van der Waals surface area contributed by atoms with Crippen molar-refractivity contribution in [1.29, 1.82) is 0 Å². The maximum atomic E-state index is 12.1. The van der Waals surface area contributed by atoms with Gasteiger partial charge in [0.25, 0.3) is 5.91 Å². The minimum atomic E-state index is -3.30. The molecule has 2 rings (SSSR count). The van der Waals surface area contributed by atoms with Gasteiger partial charge in [-0.05, 0) is 43.4 Å². The van der Waals surface area contributed by atoms with Gasteiger partial charge in [0.05, 0.1) is 4.90 Å². The van der Waals surface area contributed by atoms with Gasteiger partial charge in [0.15, 0.2) is 9.84 Å². The predicted molar refractivity (Wildman–Crippen MR) is 83.5 cm³/mol. The first-order valence-electron chi connectivity index (χ1n) is 7.08. The van der Waals surface area contributed by atoms with Crippen molar-refractivity contribution in [2.75, 3.05) is 12.8 Å². The zero-order valence-electron chi connectivity index (χ0n) is 12.0. The predicted octanol–water partition coefficient (Wildman–Crippen LogP) is 2.62. The van der Waals surface area contributed by atoms with E-state index in [0.29, 0.717) is 18.0 Å². The molecule has 0 spiro atoms. The van der Waals surface area contributed by atoms with E-state index < -0.39 is 9.84 Å². The Balaban J connectivity index is 1.97. The molecule has 2 atom stereocenters. The van der Waals surface area contributed by atoms with Crippen LogP contribution in [0.15, 0.2) is 29.2 Å². The molecule has 1 N–H and O–H groups in total. The summed E-state index contributed by atoms with van der Waals surface area (Å²) in [4.78, 5) is 12.3. The third-order valence-electron chi connectivity index (χ3n) is 3.79. The normalized spacial score (nSPS) is 22.8. The van der Waals surface area contributed by atoms with Gasteiger partial charge in [-0.1, -0.05) is 12.5 Å². The summed E-state index contributed by atoms with van der Waals surface area (Å²) in [5.74, 6) is 0.167. The molecule has 0 radical (unpaired) electrons. The van der Waals surface area contributed by atoms with Crippen molar-refractivity contribution in [3.05, 3.63) is 29.8 Å². The maximum absolute atomic E-state index is 12.1. The largest absolute Gasteiger partial charge is 0.352 e. The second-order valence-electron chi connectivity index (χ2n) is 5.64. The zero-order chi connectivity index (χ0) is 15.5. The lowest BCUT2D eigenvalue weighted by molar-refractivity contribution is 0.0943. The molecule has 21 heavy (non-hydrogen) atoms. The van der Waals surface area contributed by atoms with Gasteiger partial charge in [-0.3, -0.25) is 4.79 Å². The molecule has 1 aliphatic rings. The Labute approximate surface area is 130 Å². The molecule has 0 saturated heterocycles. The lowest BCUT2D eigenvalue weighted by Gasteiger charge is -2.25. The van der Waals surface area contributed by atoms with Gasteiger partial charge in [-0.2, -0.15) is 0 Å². The van der Waals surface area contributed by atoms with Crippen molar-refractivity contribution >= 4 is 27.3 Å². The van der Waals surface area contributed by atoms with Gasteiger partial charge in [-0.15, -0.1) is 11.6 Å². The molecular formula is C15H20ClNO3S.